The average molecular weight is 626 g/mol. The number of rotatable bonds is 7. The predicted octanol–water partition coefficient (Wildman–Crippen LogP) is 5.52. The number of esters is 1. The Balaban J connectivity index is 1.51. The minimum atomic E-state index is -3.24. The first-order valence-electron chi connectivity index (χ1n) is 15.0. The Kier molecular flexibility index (Phi) is 8.60. The van der Waals surface area contributed by atoms with Crippen LogP contribution < -0.4 is 4.74 Å². The van der Waals surface area contributed by atoms with E-state index in [1.54, 1.807) is 41.2 Å². The summed E-state index contributed by atoms with van der Waals surface area (Å²) in [5.41, 5.74) is 3.41. The number of aryl methyl sites for hydroxylation is 1. The first kappa shape index (κ1) is 32.0. The monoisotopic (exact) mass is 625 g/mol. The van der Waals surface area contributed by atoms with Crippen molar-refractivity contribution < 1.29 is 32.2 Å². The van der Waals surface area contributed by atoms with Crippen molar-refractivity contribution in [1.82, 2.24) is 13.8 Å². The highest BCUT2D eigenvalue weighted by Crippen LogP contribution is 2.49. The van der Waals surface area contributed by atoms with Crippen molar-refractivity contribution in [3.8, 4) is 5.75 Å². The van der Waals surface area contributed by atoms with Gasteiger partial charge in [0.05, 0.1) is 31.1 Å². The normalized spacial score (nSPS) is 19.1. The maximum absolute atomic E-state index is 13.1. The fraction of sp³-hybridized carbons (Fsp3) is 0.515. The number of fused-ring (bicyclic) bond motifs is 1. The molecule has 1 unspecified atom stereocenters. The van der Waals surface area contributed by atoms with Crippen LogP contribution in [0.15, 0.2) is 42.6 Å². The number of hydrogen-bond donors (Lipinski definition) is 0. The van der Waals surface area contributed by atoms with E-state index in [0.717, 1.165) is 52.7 Å². The fourth-order valence-electron chi connectivity index (χ4n) is 6.60. The molecule has 2 aliphatic rings. The molecule has 0 amide bonds. The zero-order chi connectivity index (χ0) is 32.0. The van der Waals surface area contributed by atoms with E-state index >= 15 is 0 Å². The van der Waals surface area contributed by atoms with Gasteiger partial charge in [-0.2, -0.15) is 0 Å². The van der Waals surface area contributed by atoms with Gasteiger partial charge in [-0.25, -0.2) is 22.3 Å². The summed E-state index contributed by atoms with van der Waals surface area (Å²) in [6.07, 6.45) is 2.94. The minimum Gasteiger partial charge on any atom is -0.496 e. The number of sulfonamides is 1. The molecule has 2 aliphatic heterocycles. The molecule has 238 valence electrons. The molecule has 2 aromatic carbocycles. The second kappa shape index (κ2) is 11.8. The van der Waals surface area contributed by atoms with Crippen LogP contribution in [0.3, 0.4) is 0 Å². The molecule has 0 aliphatic carbocycles. The van der Waals surface area contributed by atoms with E-state index in [1.807, 2.05) is 52.0 Å². The highest BCUT2D eigenvalue weighted by molar-refractivity contribution is 7.89. The van der Waals surface area contributed by atoms with Crippen LogP contribution in [0.25, 0.3) is 10.9 Å². The molecule has 0 radical (unpaired) electrons. The topological polar surface area (TPSA) is 107 Å². The fourth-order valence-corrected chi connectivity index (χ4v) is 7.90. The smallest absolute Gasteiger partial charge is 0.419 e. The van der Waals surface area contributed by atoms with Crippen LogP contribution in [0.1, 0.15) is 73.6 Å². The van der Waals surface area contributed by atoms with Gasteiger partial charge in [0, 0.05) is 48.2 Å². The quantitative estimate of drug-likeness (QED) is 0.316. The van der Waals surface area contributed by atoms with Gasteiger partial charge in [0.2, 0.25) is 10.0 Å². The second-order valence-electron chi connectivity index (χ2n) is 13.0. The molecule has 2 fully saturated rings. The number of methoxy groups -OCH3 is 2. The number of likely N-dealkylation sites (tertiary alicyclic amines) is 1. The van der Waals surface area contributed by atoms with Crippen LogP contribution in [0, 0.1) is 12.3 Å². The van der Waals surface area contributed by atoms with Crippen molar-refractivity contribution in [2.24, 2.45) is 5.41 Å². The van der Waals surface area contributed by atoms with Crippen LogP contribution in [0.2, 0.25) is 0 Å². The van der Waals surface area contributed by atoms with E-state index in [9.17, 15) is 18.0 Å². The molecule has 11 heteroatoms. The summed E-state index contributed by atoms with van der Waals surface area (Å²) >= 11 is 0. The number of piperidine rings is 1. The number of aromatic nitrogens is 1. The van der Waals surface area contributed by atoms with Gasteiger partial charge < -0.3 is 14.2 Å². The molecule has 1 aromatic heterocycles. The molecule has 0 bridgehead atoms. The van der Waals surface area contributed by atoms with Crippen LogP contribution in [-0.4, -0.2) is 79.5 Å². The standard InChI is InChI=1S/C33H43N3O7S/c1-8-44(39,40)35-20-33(21-35)14-16-34(27(18-33)23-9-11-24(12-10-23)30(37)42-7)19-26-25-13-15-36(31(38)43-32(3,4)5)29(25)22(2)17-28(26)41-6/h9-13,15,17,27H,8,14,16,18-21H2,1-7H3. The zero-order valence-electron chi connectivity index (χ0n) is 26.7. The van der Waals surface area contributed by atoms with Crippen molar-refractivity contribution in [2.45, 2.75) is 65.6 Å². The van der Waals surface area contributed by atoms with Crippen LogP contribution in [0.5, 0.6) is 5.75 Å². The number of hydrogen-bond acceptors (Lipinski definition) is 8. The van der Waals surface area contributed by atoms with Crippen LogP contribution in [0.4, 0.5) is 4.79 Å². The molecule has 1 atom stereocenters. The van der Waals surface area contributed by atoms with E-state index < -0.39 is 27.7 Å². The SMILES string of the molecule is CCS(=O)(=O)N1CC2(CCN(Cc3c(OC)cc(C)c4c3ccn4C(=O)OC(C)(C)C)C(c3ccc(C(=O)OC)cc3)C2)C1. The van der Waals surface area contributed by atoms with Crippen molar-refractivity contribution in [3.05, 3.63) is 64.8 Å². The lowest BCUT2D eigenvalue weighted by atomic mass is 9.69. The summed E-state index contributed by atoms with van der Waals surface area (Å²) in [4.78, 5) is 27.7. The molecular weight excluding hydrogens is 582 g/mol. The summed E-state index contributed by atoms with van der Waals surface area (Å²) in [6.45, 7) is 11.5. The Hall–Kier alpha value is -3.41. The maximum atomic E-state index is 13.1. The Labute approximate surface area is 259 Å². The van der Waals surface area contributed by atoms with Gasteiger partial charge in [0.1, 0.15) is 11.4 Å². The molecule has 0 N–H and O–H groups in total. The summed E-state index contributed by atoms with van der Waals surface area (Å²) in [5, 5.41) is 0.914. The van der Waals surface area contributed by atoms with Crippen molar-refractivity contribution in [2.75, 3.05) is 39.6 Å². The Bertz CT molecular complexity index is 1670. The summed E-state index contributed by atoms with van der Waals surface area (Å²) in [5.74, 6) is 0.440. The lowest BCUT2D eigenvalue weighted by Gasteiger charge is -2.55. The highest BCUT2D eigenvalue weighted by Gasteiger charge is 2.51. The second-order valence-corrected chi connectivity index (χ2v) is 15.3. The summed E-state index contributed by atoms with van der Waals surface area (Å²) < 4.78 is 44.8. The van der Waals surface area contributed by atoms with Crippen molar-refractivity contribution in [3.63, 3.8) is 0 Å². The third-order valence-corrected chi connectivity index (χ3v) is 10.7. The lowest BCUT2D eigenvalue weighted by Crippen LogP contribution is -2.62. The molecular formula is C33H43N3O7S. The van der Waals surface area contributed by atoms with E-state index in [4.69, 9.17) is 14.2 Å². The molecule has 0 saturated carbocycles. The molecule has 2 saturated heterocycles. The molecule has 5 rings (SSSR count). The molecule has 10 nitrogen and oxygen atoms in total. The van der Waals surface area contributed by atoms with Gasteiger partial charge >= 0.3 is 12.1 Å². The van der Waals surface area contributed by atoms with Gasteiger partial charge in [0.25, 0.3) is 0 Å². The number of carbonyl (C=O) groups excluding carboxylic acids is 2. The van der Waals surface area contributed by atoms with Crippen LogP contribution >= 0.6 is 0 Å². The van der Waals surface area contributed by atoms with E-state index in [2.05, 4.69) is 4.90 Å². The number of ether oxygens (including phenoxy) is 3. The number of carbonyl (C=O) groups is 2. The largest absolute Gasteiger partial charge is 0.496 e. The van der Waals surface area contributed by atoms with Gasteiger partial charge in [-0.1, -0.05) is 12.1 Å². The zero-order valence-corrected chi connectivity index (χ0v) is 27.5. The Morgan fingerprint density at radius 1 is 1.07 bits per heavy atom. The first-order valence-corrected chi connectivity index (χ1v) is 16.6. The third kappa shape index (κ3) is 6.09. The maximum Gasteiger partial charge on any atom is 0.419 e. The van der Waals surface area contributed by atoms with Crippen molar-refractivity contribution >= 4 is 33.0 Å². The summed E-state index contributed by atoms with van der Waals surface area (Å²) in [6, 6.07) is 11.3. The minimum absolute atomic E-state index is 0.0315. The average Bonchev–Trinajstić information content (AvgIpc) is 3.42. The highest BCUT2D eigenvalue weighted by atomic mass is 32.2. The third-order valence-electron chi connectivity index (χ3n) is 8.90. The van der Waals surface area contributed by atoms with E-state index in [0.29, 0.717) is 25.2 Å². The number of nitrogens with zero attached hydrogens (tertiary/aromatic N) is 3. The van der Waals surface area contributed by atoms with Crippen molar-refractivity contribution in [1.29, 1.82) is 0 Å². The molecule has 1 spiro atoms. The Morgan fingerprint density at radius 3 is 2.34 bits per heavy atom. The van der Waals surface area contributed by atoms with Crippen LogP contribution in [-0.2, 0) is 26.0 Å². The molecule has 44 heavy (non-hydrogen) atoms. The van der Waals surface area contributed by atoms with Gasteiger partial charge in [-0.05, 0) is 89.4 Å². The number of benzene rings is 2. The van der Waals surface area contributed by atoms with E-state index in [-0.39, 0.29) is 17.2 Å². The van der Waals surface area contributed by atoms with Gasteiger partial charge in [-0.3, -0.25) is 9.47 Å². The van der Waals surface area contributed by atoms with E-state index in [1.165, 1.54) is 7.11 Å². The summed E-state index contributed by atoms with van der Waals surface area (Å²) in [7, 11) is -0.226. The first-order chi connectivity index (χ1) is 20.7. The Morgan fingerprint density at radius 2 is 1.75 bits per heavy atom. The van der Waals surface area contributed by atoms with Gasteiger partial charge in [0.15, 0.2) is 0 Å². The molecule has 3 heterocycles. The molecule has 3 aromatic rings. The predicted molar refractivity (Wildman–Crippen MR) is 168 cm³/mol. The van der Waals surface area contributed by atoms with Gasteiger partial charge in [-0.15, -0.1) is 0 Å². The lowest BCUT2D eigenvalue weighted by molar-refractivity contribution is -0.0330.